The lowest BCUT2D eigenvalue weighted by atomic mass is 9.64. The molecule has 1 aromatic heterocycles. The molecule has 3 aromatic rings. The molecule has 2 N–H and O–H groups in total. The van der Waals surface area contributed by atoms with Crippen LogP contribution in [0.2, 0.25) is 0 Å². The summed E-state index contributed by atoms with van der Waals surface area (Å²) in [6.45, 7) is 3.15. The standard InChI is InChI=1S/C32H30FN5O2S/c1-20-9-11-35-28(13-20)31(40)32-17-22(18-34)27(36-25-5-3-24(33)4-6-25)16-23(32)10-12-38(19-32)41-26-7-8-29-21(14-26)15-30(39)37(29)2/h3-9,11,13-14,16,18H,10,12,15,17,19,34H2,1-2H3. The molecule has 0 radical (unpaired) electrons. The van der Waals surface area contributed by atoms with Crippen molar-refractivity contribution in [2.24, 2.45) is 16.1 Å². The number of ketones is 1. The zero-order chi connectivity index (χ0) is 28.7. The number of aryl methyl sites for hydroxylation is 1. The number of aromatic nitrogens is 1. The van der Waals surface area contributed by atoms with E-state index in [0.29, 0.717) is 42.9 Å². The molecule has 9 heteroatoms. The number of hydrogen-bond donors (Lipinski definition) is 1. The first kappa shape index (κ1) is 27.1. The minimum atomic E-state index is -0.869. The second kappa shape index (κ2) is 10.7. The van der Waals surface area contributed by atoms with E-state index in [0.717, 1.165) is 39.4 Å². The third-order valence-corrected chi connectivity index (χ3v) is 9.08. The normalized spacial score (nSPS) is 22.6. The fourth-order valence-corrected chi connectivity index (χ4v) is 6.95. The number of fused-ring (bicyclic) bond motifs is 2. The molecule has 6 rings (SSSR count). The van der Waals surface area contributed by atoms with E-state index in [1.165, 1.54) is 18.3 Å². The SMILES string of the molecule is Cc1ccnc(C(=O)C23CC(=CN)C(=Nc4ccc(F)cc4)C=C2CCN(Sc2ccc4c(c2)CC(=O)N4C)C3)c1. The summed E-state index contributed by atoms with van der Waals surface area (Å²) in [5.74, 6) is -0.279. The molecule has 208 valence electrons. The Bertz CT molecular complexity index is 1650. The van der Waals surface area contributed by atoms with E-state index in [1.54, 1.807) is 42.2 Å². The van der Waals surface area contributed by atoms with Crippen molar-refractivity contribution in [1.82, 2.24) is 9.29 Å². The molecule has 2 aromatic carbocycles. The number of halogens is 1. The van der Waals surface area contributed by atoms with Gasteiger partial charge in [-0.05, 0) is 115 Å². The maximum absolute atomic E-state index is 14.4. The molecule has 1 saturated heterocycles. The smallest absolute Gasteiger partial charge is 0.231 e. The van der Waals surface area contributed by atoms with Crippen LogP contribution in [0.4, 0.5) is 15.8 Å². The molecule has 1 unspecified atom stereocenters. The predicted octanol–water partition coefficient (Wildman–Crippen LogP) is 5.58. The number of likely N-dealkylation sites (N-methyl/N-ethyl adjacent to an activating group) is 1. The molecule has 2 aliphatic heterocycles. The molecule has 1 atom stereocenters. The van der Waals surface area contributed by atoms with Crippen molar-refractivity contribution in [3.8, 4) is 0 Å². The highest BCUT2D eigenvalue weighted by Gasteiger charge is 2.49. The highest BCUT2D eigenvalue weighted by atomic mass is 32.2. The number of nitrogens with two attached hydrogens (primary N) is 1. The summed E-state index contributed by atoms with van der Waals surface area (Å²) < 4.78 is 15.7. The van der Waals surface area contributed by atoms with Gasteiger partial charge < -0.3 is 10.6 Å². The van der Waals surface area contributed by atoms with Gasteiger partial charge in [-0.3, -0.25) is 14.6 Å². The Morgan fingerprint density at radius 1 is 1.17 bits per heavy atom. The lowest BCUT2D eigenvalue weighted by Gasteiger charge is -2.45. The zero-order valence-corrected chi connectivity index (χ0v) is 23.7. The monoisotopic (exact) mass is 567 g/mol. The van der Waals surface area contributed by atoms with Crippen LogP contribution in [-0.2, 0) is 11.2 Å². The third-order valence-electron chi connectivity index (χ3n) is 8.05. The quantitative estimate of drug-likeness (QED) is 0.320. The van der Waals surface area contributed by atoms with Crippen LogP contribution >= 0.6 is 11.9 Å². The van der Waals surface area contributed by atoms with Gasteiger partial charge in [-0.1, -0.05) is 5.57 Å². The Morgan fingerprint density at radius 2 is 1.98 bits per heavy atom. The number of rotatable bonds is 5. The number of benzene rings is 2. The Kier molecular flexibility index (Phi) is 7.09. The molecule has 0 saturated carbocycles. The second-order valence-corrected chi connectivity index (χ2v) is 11.9. The highest BCUT2D eigenvalue weighted by Crippen LogP contribution is 2.48. The van der Waals surface area contributed by atoms with Crippen LogP contribution in [0, 0.1) is 18.2 Å². The molecule has 0 spiro atoms. The minimum Gasteiger partial charge on any atom is -0.404 e. The van der Waals surface area contributed by atoms with E-state index in [1.807, 2.05) is 37.3 Å². The molecule has 7 nitrogen and oxygen atoms in total. The summed E-state index contributed by atoms with van der Waals surface area (Å²) >= 11 is 1.60. The second-order valence-electron chi connectivity index (χ2n) is 10.8. The number of carbonyl (C=O) groups excluding carboxylic acids is 2. The van der Waals surface area contributed by atoms with Crippen molar-refractivity contribution in [1.29, 1.82) is 0 Å². The Labute approximate surface area is 242 Å². The lowest BCUT2D eigenvalue weighted by Crippen LogP contribution is -2.49. The number of amides is 1. The predicted molar refractivity (Wildman–Crippen MR) is 160 cm³/mol. The molecule has 1 aliphatic carbocycles. The average molecular weight is 568 g/mol. The van der Waals surface area contributed by atoms with E-state index in [4.69, 9.17) is 10.7 Å². The summed E-state index contributed by atoms with van der Waals surface area (Å²) in [6.07, 6.45) is 6.62. The summed E-state index contributed by atoms with van der Waals surface area (Å²) in [5.41, 5.74) is 11.7. The van der Waals surface area contributed by atoms with Crippen molar-refractivity contribution < 1.29 is 14.0 Å². The van der Waals surface area contributed by atoms with Crippen molar-refractivity contribution in [2.45, 2.75) is 31.1 Å². The van der Waals surface area contributed by atoms with Gasteiger partial charge in [0.1, 0.15) is 11.5 Å². The fourth-order valence-electron chi connectivity index (χ4n) is 5.86. The van der Waals surface area contributed by atoms with Gasteiger partial charge >= 0.3 is 0 Å². The largest absolute Gasteiger partial charge is 0.404 e. The van der Waals surface area contributed by atoms with Crippen LogP contribution < -0.4 is 10.6 Å². The maximum atomic E-state index is 14.4. The van der Waals surface area contributed by atoms with E-state index in [2.05, 4.69) is 15.4 Å². The number of pyridine rings is 1. The number of carbonyl (C=O) groups is 2. The minimum absolute atomic E-state index is 0.0425. The number of allylic oxidation sites excluding steroid dienone is 2. The van der Waals surface area contributed by atoms with Gasteiger partial charge in [0.25, 0.3) is 0 Å². The summed E-state index contributed by atoms with van der Waals surface area (Å²) in [5, 5.41) is 0. The first-order valence-corrected chi connectivity index (χ1v) is 14.3. The summed E-state index contributed by atoms with van der Waals surface area (Å²) in [7, 11) is 1.80. The van der Waals surface area contributed by atoms with Crippen LogP contribution in [0.3, 0.4) is 0 Å². The van der Waals surface area contributed by atoms with Gasteiger partial charge in [-0.2, -0.15) is 0 Å². The van der Waals surface area contributed by atoms with Crippen molar-refractivity contribution in [2.75, 3.05) is 25.0 Å². The molecule has 3 heterocycles. The third kappa shape index (κ3) is 5.11. The number of aliphatic imine (C=N–C) groups is 1. The van der Waals surface area contributed by atoms with Gasteiger partial charge in [-0.25, -0.2) is 13.7 Å². The fraction of sp³-hybridized carbons (Fsp3) is 0.250. The first-order valence-electron chi connectivity index (χ1n) is 13.5. The molecular formula is C32H30FN5O2S. The van der Waals surface area contributed by atoms with Gasteiger partial charge in [0, 0.05) is 36.9 Å². The Balaban J connectivity index is 1.37. The molecular weight excluding hydrogens is 537 g/mol. The van der Waals surface area contributed by atoms with Crippen LogP contribution in [0.5, 0.6) is 0 Å². The number of piperidine rings is 1. The topological polar surface area (TPSA) is 91.9 Å². The average Bonchev–Trinajstić information content (AvgIpc) is 3.25. The van der Waals surface area contributed by atoms with Crippen LogP contribution in [0.25, 0.3) is 0 Å². The van der Waals surface area contributed by atoms with Crippen LogP contribution in [0.15, 0.2) is 94.1 Å². The first-order chi connectivity index (χ1) is 19.8. The molecule has 1 fully saturated rings. The maximum Gasteiger partial charge on any atom is 0.231 e. The van der Waals surface area contributed by atoms with Gasteiger partial charge in [-0.15, -0.1) is 0 Å². The van der Waals surface area contributed by atoms with Gasteiger partial charge in [0.15, 0.2) is 5.78 Å². The molecule has 3 aliphatic rings. The zero-order valence-electron chi connectivity index (χ0n) is 22.9. The number of nitrogens with zero attached hydrogens (tertiary/aromatic N) is 4. The van der Waals surface area contributed by atoms with Crippen molar-refractivity contribution in [3.63, 3.8) is 0 Å². The molecule has 1 amide bonds. The van der Waals surface area contributed by atoms with Crippen molar-refractivity contribution >= 4 is 40.7 Å². The van der Waals surface area contributed by atoms with Crippen molar-refractivity contribution in [3.05, 3.63) is 107 Å². The van der Waals surface area contributed by atoms with Gasteiger partial charge in [0.2, 0.25) is 5.91 Å². The van der Waals surface area contributed by atoms with E-state index < -0.39 is 5.41 Å². The van der Waals surface area contributed by atoms with E-state index >= 15 is 0 Å². The van der Waals surface area contributed by atoms with Gasteiger partial charge in [0.05, 0.1) is 23.2 Å². The lowest BCUT2D eigenvalue weighted by molar-refractivity contribution is -0.117. The Morgan fingerprint density at radius 3 is 2.73 bits per heavy atom. The van der Waals surface area contributed by atoms with Crippen LogP contribution in [-0.4, -0.2) is 46.8 Å². The summed E-state index contributed by atoms with van der Waals surface area (Å²) in [4.78, 5) is 38.5. The highest BCUT2D eigenvalue weighted by molar-refractivity contribution is 7.97. The molecule has 41 heavy (non-hydrogen) atoms. The number of Topliss-reactive ketones (excluding diaryl/α,β-unsaturated/α-hetero) is 1. The van der Waals surface area contributed by atoms with Crippen LogP contribution in [0.1, 0.15) is 34.5 Å². The molecule has 0 bridgehead atoms. The number of anilines is 1. The number of hydrogen-bond acceptors (Lipinski definition) is 7. The van der Waals surface area contributed by atoms with E-state index in [9.17, 15) is 14.0 Å². The Hall–Kier alpha value is -4.08. The summed E-state index contributed by atoms with van der Waals surface area (Å²) in [6, 6.07) is 15.8. The van der Waals surface area contributed by atoms with E-state index in [-0.39, 0.29) is 17.5 Å².